The predicted octanol–water partition coefficient (Wildman–Crippen LogP) is 4.95. The van der Waals surface area contributed by atoms with Crippen molar-refractivity contribution in [2.24, 2.45) is 4.99 Å². The summed E-state index contributed by atoms with van der Waals surface area (Å²) in [5.74, 6) is -2.10. The number of hydrogen-bond donors (Lipinski definition) is 1. The Kier molecular flexibility index (Phi) is 8.29. The highest BCUT2D eigenvalue weighted by Crippen LogP contribution is 2.32. The second-order valence-electron chi connectivity index (χ2n) is 8.14. The Hall–Kier alpha value is -4.05. The molecule has 2 amide bonds. The van der Waals surface area contributed by atoms with E-state index in [0.717, 1.165) is 17.3 Å². The zero-order chi connectivity index (χ0) is 26.4. The smallest absolute Gasteiger partial charge is 0.337 e. The van der Waals surface area contributed by atoms with E-state index in [9.17, 15) is 23.2 Å². The Morgan fingerprint density at radius 2 is 1.73 bits per heavy atom. The number of benzene rings is 3. The number of para-hydroxylation sites is 1. The van der Waals surface area contributed by atoms with Crippen LogP contribution in [-0.4, -0.2) is 46.8 Å². The van der Waals surface area contributed by atoms with Gasteiger partial charge >= 0.3 is 5.97 Å². The average molecular weight is 524 g/mol. The Bertz CT molecular complexity index is 1330. The van der Waals surface area contributed by atoms with Gasteiger partial charge in [0.25, 0.3) is 0 Å². The molecule has 0 spiro atoms. The van der Waals surface area contributed by atoms with Gasteiger partial charge in [0.15, 0.2) is 5.17 Å². The van der Waals surface area contributed by atoms with Crippen molar-refractivity contribution >= 4 is 46.1 Å². The van der Waals surface area contributed by atoms with Gasteiger partial charge in [0, 0.05) is 18.7 Å². The molecule has 0 unspecified atom stereocenters. The summed E-state index contributed by atoms with van der Waals surface area (Å²) >= 11 is 1.09. The van der Waals surface area contributed by atoms with Crippen molar-refractivity contribution in [1.29, 1.82) is 0 Å². The van der Waals surface area contributed by atoms with Crippen LogP contribution in [0.4, 0.5) is 20.2 Å². The summed E-state index contributed by atoms with van der Waals surface area (Å²) in [4.78, 5) is 43.3. The van der Waals surface area contributed by atoms with Gasteiger partial charge in [-0.2, -0.15) is 0 Å². The van der Waals surface area contributed by atoms with Crippen LogP contribution in [0.2, 0.25) is 0 Å². The largest absolute Gasteiger partial charge is 0.465 e. The van der Waals surface area contributed by atoms with Gasteiger partial charge in [-0.3, -0.25) is 14.5 Å². The minimum absolute atomic E-state index is 0.0837. The molecular formula is C27H23F2N3O4S. The van der Waals surface area contributed by atoms with E-state index in [1.165, 1.54) is 48.4 Å². The maximum absolute atomic E-state index is 14.3. The summed E-state index contributed by atoms with van der Waals surface area (Å²) in [5, 5.41) is 2.25. The maximum atomic E-state index is 14.3. The molecule has 3 aromatic carbocycles. The van der Waals surface area contributed by atoms with Crippen LogP contribution in [0.1, 0.15) is 22.3 Å². The molecule has 7 nitrogen and oxygen atoms in total. The second-order valence-corrected chi connectivity index (χ2v) is 9.31. The van der Waals surface area contributed by atoms with Crippen molar-refractivity contribution in [2.45, 2.75) is 18.1 Å². The molecule has 0 radical (unpaired) electrons. The summed E-state index contributed by atoms with van der Waals surface area (Å²) in [5.41, 5.74) is 1.70. The quantitative estimate of drug-likeness (QED) is 0.422. The van der Waals surface area contributed by atoms with Gasteiger partial charge in [0.2, 0.25) is 11.8 Å². The molecule has 0 aliphatic carbocycles. The van der Waals surface area contributed by atoms with Crippen LogP contribution in [0.25, 0.3) is 0 Å². The SMILES string of the molecule is COC(=O)c1ccc(NC(=O)C[C@H]2SC(=Nc3ccccc3F)N(CCc3ccc(F)cc3)C2=O)cc1. The molecule has 10 heteroatoms. The monoisotopic (exact) mass is 523 g/mol. The first kappa shape index (κ1) is 26.0. The third-order valence-electron chi connectivity index (χ3n) is 5.59. The number of aliphatic imine (C=N–C) groups is 1. The molecule has 0 bridgehead atoms. The van der Waals surface area contributed by atoms with Crippen molar-refractivity contribution < 1.29 is 27.9 Å². The van der Waals surface area contributed by atoms with Gasteiger partial charge in [-0.15, -0.1) is 0 Å². The number of ether oxygens (including phenoxy) is 1. The Morgan fingerprint density at radius 3 is 2.41 bits per heavy atom. The molecular weight excluding hydrogens is 500 g/mol. The zero-order valence-corrected chi connectivity index (χ0v) is 20.6. The molecule has 4 rings (SSSR count). The number of nitrogens with zero attached hydrogens (tertiary/aromatic N) is 2. The summed E-state index contributed by atoms with van der Waals surface area (Å²) in [7, 11) is 1.28. The maximum Gasteiger partial charge on any atom is 0.337 e. The van der Waals surface area contributed by atoms with Gasteiger partial charge in [-0.05, 0) is 60.5 Å². The fourth-order valence-corrected chi connectivity index (χ4v) is 4.83. The molecule has 1 N–H and O–H groups in total. The van der Waals surface area contributed by atoms with Crippen LogP contribution in [0.3, 0.4) is 0 Å². The van der Waals surface area contributed by atoms with E-state index in [1.807, 2.05) is 0 Å². The molecule has 1 heterocycles. The average Bonchev–Trinajstić information content (AvgIpc) is 3.18. The first-order valence-corrected chi connectivity index (χ1v) is 12.3. The highest BCUT2D eigenvalue weighted by molar-refractivity contribution is 8.15. The lowest BCUT2D eigenvalue weighted by atomic mass is 10.1. The molecule has 0 aromatic heterocycles. The molecule has 1 aliphatic heterocycles. The van der Waals surface area contributed by atoms with E-state index >= 15 is 0 Å². The highest BCUT2D eigenvalue weighted by atomic mass is 32.2. The molecule has 3 aromatic rings. The molecule has 0 saturated carbocycles. The van der Waals surface area contributed by atoms with Crippen LogP contribution in [0, 0.1) is 11.6 Å². The van der Waals surface area contributed by atoms with Crippen molar-refractivity contribution in [3.63, 3.8) is 0 Å². The van der Waals surface area contributed by atoms with Gasteiger partial charge in [0.05, 0.1) is 12.7 Å². The Balaban J connectivity index is 1.48. The van der Waals surface area contributed by atoms with E-state index in [4.69, 9.17) is 0 Å². The number of esters is 1. The third-order valence-corrected chi connectivity index (χ3v) is 6.76. The number of nitrogens with one attached hydrogen (secondary N) is 1. The normalized spacial score (nSPS) is 16.2. The number of rotatable bonds is 8. The second kappa shape index (κ2) is 11.8. The molecule has 1 fully saturated rings. The summed E-state index contributed by atoms with van der Waals surface area (Å²) < 4.78 is 32.2. The Morgan fingerprint density at radius 1 is 1.03 bits per heavy atom. The number of amides is 2. The summed E-state index contributed by atoms with van der Waals surface area (Å²) in [6.07, 6.45) is 0.292. The van der Waals surface area contributed by atoms with E-state index in [-0.39, 0.29) is 35.5 Å². The van der Waals surface area contributed by atoms with Gasteiger partial charge in [-0.25, -0.2) is 18.6 Å². The van der Waals surface area contributed by atoms with Crippen molar-refractivity contribution in [2.75, 3.05) is 19.0 Å². The van der Waals surface area contributed by atoms with Crippen molar-refractivity contribution in [3.05, 3.63) is 95.6 Å². The first-order chi connectivity index (χ1) is 17.8. The van der Waals surface area contributed by atoms with Gasteiger partial charge in [-0.1, -0.05) is 36.0 Å². The molecule has 1 atom stereocenters. The van der Waals surface area contributed by atoms with E-state index in [1.54, 1.807) is 36.4 Å². The van der Waals surface area contributed by atoms with Crippen LogP contribution in [0.5, 0.6) is 0 Å². The van der Waals surface area contributed by atoms with Gasteiger partial charge in [0.1, 0.15) is 22.6 Å². The topological polar surface area (TPSA) is 88.1 Å². The van der Waals surface area contributed by atoms with E-state index in [0.29, 0.717) is 17.7 Å². The number of halogens is 2. The van der Waals surface area contributed by atoms with Crippen LogP contribution < -0.4 is 5.32 Å². The van der Waals surface area contributed by atoms with Crippen molar-refractivity contribution in [3.8, 4) is 0 Å². The zero-order valence-electron chi connectivity index (χ0n) is 19.8. The lowest BCUT2D eigenvalue weighted by Gasteiger charge is -2.16. The number of thioether (sulfide) groups is 1. The van der Waals surface area contributed by atoms with Crippen LogP contribution in [-0.2, 0) is 20.7 Å². The first-order valence-electron chi connectivity index (χ1n) is 11.4. The lowest BCUT2D eigenvalue weighted by Crippen LogP contribution is -2.35. The highest BCUT2D eigenvalue weighted by Gasteiger charge is 2.39. The number of anilines is 1. The van der Waals surface area contributed by atoms with Crippen molar-refractivity contribution in [1.82, 2.24) is 4.90 Å². The fourth-order valence-electron chi connectivity index (χ4n) is 3.66. The minimum atomic E-state index is -0.756. The molecule has 37 heavy (non-hydrogen) atoms. The predicted molar refractivity (Wildman–Crippen MR) is 138 cm³/mol. The number of methoxy groups -OCH3 is 1. The number of carbonyl (C=O) groups is 3. The van der Waals surface area contributed by atoms with Crippen LogP contribution >= 0.6 is 11.8 Å². The summed E-state index contributed by atoms with van der Waals surface area (Å²) in [6, 6.07) is 18.1. The Labute approximate surface area is 216 Å². The minimum Gasteiger partial charge on any atom is -0.465 e. The summed E-state index contributed by atoms with van der Waals surface area (Å²) in [6.45, 7) is 0.234. The standard InChI is InChI=1S/C27H23F2N3O4S/c1-36-26(35)18-8-12-20(13-9-18)30-24(33)16-23-25(34)32(15-14-17-6-10-19(28)11-7-17)27(37-23)31-22-5-3-2-4-21(22)29/h2-13,23H,14-16H2,1H3,(H,30,33)/t23-/m1/s1. The lowest BCUT2D eigenvalue weighted by molar-refractivity contribution is -0.128. The van der Waals surface area contributed by atoms with E-state index < -0.39 is 22.9 Å². The number of amidine groups is 1. The van der Waals surface area contributed by atoms with Gasteiger partial charge < -0.3 is 10.1 Å². The number of carbonyl (C=O) groups excluding carboxylic acids is 3. The molecule has 190 valence electrons. The van der Waals surface area contributed by atoms with Crippen LogP contribution in [0.15, 0.2) is 77.8 Å². The third kappa shape index (κ3) is 6.59. The van der Waals surface area contributed by atoms with E-state index in [2.05, 4.69) is 15.0 Å². The number of hydrogen-bond acceptors (Lipinski definition) is 6. The molecule has 1 saturated heterocycles. The molecule has 1 aliphatic rings. The fraction of sp³-hybridized carbons (Fsp3) is 0.185.